The van der Waals surface area contributed by atoms with Crippen molar-refractivity contribution in [2.75, 3.05) is 6.54 Å². The fraction of sp³-hybridized carbons (Fsp3) is 0.588. The molecule has 0 saturated heterocycles. The monoisotopic (exact) mass is 289 g/mol. The summed E-state index contributed by atoms with van der Waals surface area (Å²) in [4.78, 5) is 4.41. The van der Waals surface area contributed by atoms with Crippen molar-refractivity contribution in [2.45, 2.75) is 47.3 Å². The van der Waals surface area contributed by atoms with Crippen molar-refractivity contribution in [3.63, 3.8) is 0 Å². The lowest BCUT2D eigenvalue weighted by Gasteiger charge is -2.33. The molecule has 0 aliphatic rings. The average Bonchev–Trinajstić information content (AvgIpc) is 2.80. The van der Waals surface area contributed by atoms with Crippen LogP contribution < -0.4 is 5.32 Å². The largest absolute Gasteiger partial charge is 0.392 e. The van der Waals surface area contributed by atoms with E-state index in [1.807, 2.05) is 12.3 Å². The Morgan fingerprint density at radius 1 is 1.33 bits per heavy atom. The number of aromatic nitrogens is 2. The molecule has 2 N–H and O–H groups in total. The van der Waals surface area contributed by atoms with E-state index < -0.39 is 0 Å². The molecule has 2 rings (SSSR count). The fourth-order valence-electron chi connectivity index (χ4n) is 2.79. The van der Waals surface area contributed by atoms with Gasteiger partial charge in [-0.3, -0.25) is 0 Å². The molecule has 0 amide bonds. The summed E-state index contributed by atoms with van der Waals surface area (Å²) in [5.41, 5.74) is 3.18. The van der Waals surface area contributed by atoms with Crippen molar-refractivity contribution in [1.29, 1.82) is 0 Å². The van der Waals surface area contributed by atoms with Gasteiger partial charge in [-0.15, -0.1) is 0 Å². The summed E-state index contributed by atoms with van der Waals surface area (Å²) in [7, 11) is 0. The maximum atomic E-state index is 10.3. The van der Waals surface area contributed by atoms with Crippen LogP contribution in [0.25, 0.3) is 5.65 Å². The standard InChI is InChI=1S/C17H27N3O/c1-12(2)16(21)17(4,5)11-18-8-14-9-19-15-7-6-13(3)10-20(14)15/h6-7,9-10,12,16,18,21H,8,11H2,1-5H3. The highest BCUT2D eigenvalue weighted by Gasteiger charge is 2.29. The zero-order valence-electron chi connectivity index (χ0n) is 13.7. The molecule has 0 aliphatic heterocycles. The molecule has 1 unspecified atom stereocenters. The summed E-state index contributed by atoms with van der Waals surface area (Å²) < 4.78 is 2.12. The SMILES string of the molecule is Cc1ccc2ncc(CNCC(C)(C)C(O)C(C)C)n2c1. The fourth-order valence-corrected chi connectivity index (χ4v) is 2.79. The molecule has 1 atom stereocenters. The maximum Gasteiger partial charge on any atom is 0.136 e. The van der Waals surface area contributed by atoms with Crippen molar-refractivity contribution in [3.05, 3.63) is 35.8 Å². The Morgan fingerprint density at radius 2 is 2.05 bits per heavy atom. The van der Waals surface area contributed by atoms with Crippen LogP contribution >= 0.6 is 0 Å². The van der Waals surface area contributed by atoms with Crippen LogP contribution in [0.3, 0.4) is 0 Å². The molecule has 0 aliphatic carbocycles. The Hall–Kier alpha value is -1.39. The lowest BCUT2D eigenvalue weighted by atomic mass is 9.81. The molecule has 2 aromatic rings. The highest BCUT2D eigenvalue weighted by atomic mass is 16.3. The van der Waals surface area contributed by atoms with Gasteiger partial charge in [-0.25, -0.2) is 4.98 Å². The topological polar surface area (TPSA) is 49.6 Å². The van der Waals surface area contributed by atoms with E-state index in [-0.39, 0.29) is 17.4 Å². The molecule has 2 heterocycles. The quantitative estimate of drug-likeness (QED) is 0.859. The van der Waals surface area contributed by atoms with Crippen LogP contribution in [-0.4, -0.2) is 27.1 Å². The second-order valence-corrected chi connectivity index (χ2v) is 6.97. The van der Waals surface area contributed by atoms with Crippen LogP contribution in [0, 0.1) is 18.3 Å². The van der Waals surface area contributed by atoms with Crippen LogP contribution in [0.2, 0.25) is 0 Å². The first-order chi connectivity index (χ1) is 9.81. The van der Waals surface area contributed by atoms with E-state index in [0.29, 0.717) is 0 Å². The molecule has 0 radical (unpaired) electrons. The number of rotatable bonds is 6. The Morgan fingerprint density at radius 3 is 2.71 bits per heavy atom. The number of nitrogens with one attached hydrogen (secondary N) is 1. The van der Waals surface area contributed by atoms with Gasteiger partial charge >= 0.3 is 0 Å². The summed E-state index contributed by atoms with van der Waals surface area (Å²) >= 11 is 0. The summed E-state index contributed by atoms with van der Waals surface area (Å²) in [6.45, 7) is 11.9. The van der Waals surface area contributed by atoms with Crippen molar-refractivity contribution in [1.82, 2.24) is 14.7 Å². The predicted octanol–water partition coefficient (Wildman–Crippen LogP) is 2.78. The predicted molar refractivity (Wildman–Crippen MR) is 86.3 cm³/mol. The molecule has 0 spiro atoms. The van der Waals surface area contributed by atoms with Gasteiger partial charge in [0.1, 0.15) is 5.65 Å². The first-order valence-corrected chi connectivity index (χ1v) is 7.62. The third-order valence-electron chi connectivity index (χ3n) is 4.05. The highest BCUT2D eigenvalue weighted by molar-refractivity contribution is 5.41. The lowest BCUT2D eigenvalue weighted by Crippen LogP contribution is -2.41. The number of hydrogen-bond acceptors (Lipinski definition) is 3. The van der Waals surface area contributed by atoms with Gasteiger partial charge in [-0.1, -0.05) is 33.8 Å². The van der Waals surface area contributed by atoms with E-state index in [9.17, 15) is 5.11 Å². The van der Waals surface area contributed by atoms with E-state index in [0.717, 1.165) is 24.4 Å². The zero-order valence-corrected chi connectivity index (χ0v) is 13.7. The molecule has 4 nitrogen and oxygen atoms in total. The van der Waals surface area contributed by atoms with Gasteiger partial charge < -0.3 is 14.8 Å². The highest BCUT2D eigenvalue weighted by Crippen LogP contribution is 2.25. The molecular formula is C17H27N3O. The second kappa shape index (κ2) is 6.16. The number of aliphatic hydroxyl groups is 1. The minimum atomic E-state index is -0.311. The normalized spacial score (nSPS) is 14.0. The van der Waals surface area contributed by atoms with Crippen molar-refractivity contribution < 1.29 is 5.11 Å². The molecule has 21 heavy (non-hydrogen) atoms. The molecule has 0 fully saturated rings. The minimum Gasteiger partial charge on any atom is -0.392 e. The Balaban J connectivity index is 2.01. The average molecular weight is 289 g/mol. The van der Waals surface area contributed by atoms with Crippen LogP contribution in [-0.2, 0) is 6.54 Å². The number of hydrogen-bond donors (Lipinski definition) is 2. The summed E-state index contributed by atoms with van der Waals surface area (Å²) in [5, 5.41) is 13.7. The van der Waals surface area contributed by atoms with Gasteiger partial charge in [0, 0.05) is 24.7 Å². The third-order valence-corrected chi connectivity index (χ3v) is 4.05. The molecule has 4 heteroatoms. The summed E-state index contributed by atoms with van der Waals surface area (Å²) in [5.74, 6) is 0.264. The zero-order chi connectivity index (χ0) is 15.6. The second-order valence-electron chi connectivity index (χ2n) is 6.97. The van der Waals surface area contributed by atoms with Gasteiger partial charge in [0.05, 0.1) is 18.0 Å². The molecule has 116 valence electrons. The van der Waals surface area contributed by atoms with Crippen molar-refractivity contribution in [2.24, 2.45) is 11.3 Å². The Kier molecular flexibility index (Phi) is 4.69. The minimum absolute atomic E-state index is 0.148. The number of nitrogens with zero attached hydrogens (tertiary/aromatic N) is 2. The number of imidazole rings is 1. The van der Waals surface area contributed by atoms with E-state index in [1.165, 1.54) is 5.56 Å². The van der Waals surface area contributed by atoms with E-state index in [2.05, 4.69) is 61.6 Å². The van der Waals surface area contributed by atoms with Gasteiger partial charge in [-0.2, -0.15) is 0 Å². The van der Waals surface area contributed by atoms with Gasteiger partial charge in [0.15, 0.2) is 0 Å². The van der Waals surface area contributed by atoms with Gasteiger partial charge in [0.2, 0.25) is 0 Å². The Bertz CT molecular complexity index is 601. The maximum absolute atomic E-state index is 10.3. The number of fused-ring (bicyclic) bond motifs is 1. The van der Waals surface area contributed by atoms with Crippen LogP contribution in [0.1, 0.15) is 39.0 Å². The lowest BCUT2D eigenvalue weighted by molar-refractivity contribution is 0.0134. The number of aryl methyl sites for hydroxylation is 1. The summed E-state index contributed by atoms with van der Waals surface area (Å²) in [6.07, 6.45) is 3.70. The molecule has 2 aromatic heterocycles. The number of aliphatic hydroxyl groups excluding tert-OH is 1. The van der Waals surface area contributed by atoms with Gasteiger partial charge in [0.25, 0.3) is 0 Å². The first-order valence-electron chi connectivity index (χ1n) is 7.62. The third kappa shape index (κ3) is 3.63. The van der Waals surface area contributed by atoms with Crippen LogP contribution in [0.5, 0.6) is 0 Å². The summed E-state index contributed by atoms with van der Waals surface area (Å²) in [6, 6.07) is 4.10. The van der Waals surface area contributed by atoms with E-state index >= 15 is 0 Å². The Labute approximate surface area is 127 Å². The van der Waals surface area contributed by atoms with Crippen molar-refractivity contribution in [3.8, 4) is 0 Å². The van der Waals surface area contributed by atoms with E-state index in [4.69, 9.17) is 0 Å². The van der Waals surface area contributed by atoms with Crippen LogP contribution in [0.15, 0.2) is 24.5 Å². The van der Waals surface area contributed by atoms with Crippen LogP contribution in [0.4, 0.5) is 0 Å². The van der Waals surface area contributed by atoms with Crippen molar-refractivity contribution >= 4 is 5.65 Å². The molecule has 0 bridgehead atoms. The van der Waals surface area contributed by atoms with Gasteiger partial charge in [-0.05, 0) is 24.5 Å². The smallest absolute Gasteiger partial charge is 0.136 e. The van der Waals surface area contributed by atoms with E-state index in [1.54, 1.807) is 0 Å². The molecule has 0 aromatic carbocycles. The number of pyridine rings is 1. The first kappa shape index (κ1) is 16.0. The molecule has 0 saturated carbocycles. The molecular weight excluding hydrogens is 262 g/mol.